The Balaban J connectivity index is 1.64. The number of benzene rings is 2. The Hall–Kier alpha value is -4.25. The maximum Gasteiger partial charge on any atom is 0.345 e. The molecule has 1 amide bonds. The van der Waals surface area contributed by atoms with E-state index in [9.17, 15) is 14.7 Å². The zero-order valence-corrected chi connectivity index (χ0v) is 17.1. The van der Waals surface area contributed by atoms with Crippen LogP contribution in [0, 0.1) is 0 Å². The van der Waals surface area contributed by atoms with E-state index in [1.54, 1.807) is 24.3 Å². The molecule has 0 saturated heterocycles. The lowest BCUT2D eigenvalue weighted by Crippen LogP contribution is -2.31. The van der Waals surface area contributed by atoms with Gasteiger partial charge in [-0.05, 0) is 34.7 Å². The molecule has 0 unspecified atom stereocenters. The van der Waals surface area contributed by atoms with Gasteiger partial charge in [0, 0.05) is 6.54 Å². The molecule has 2 aromatic carbocycles. The van der Waals surface area contributed by atoms with Crippen LogP contribution < -0.4 is 10.1 Å². The smallest absolute Gasteiger partial charge is 0.345 e. The fraction of sp³-hybridized carbons (Fsp3) is 0.190. The topological polar surface area (TPSA) is 132 Å². The third kappa shape index (κ3) is 4.14. The van der Waals surface area contributed by atoms with Crippen molar-refractivity contribution in [3.05, 3.63) is 65.9 Å². The Kier molecular flexibility index (Phi) is 6.08. The number of carbonyl (C=O) groups is 2. The van der Waals surface area contributed by atoms with Crippen molar-refractivity contribution in [3.8, 4) is 17.4 Å². The lowest BCUT2D eigenvalue weighted by Gasteiger charge is -2.16. The van der Waals surface area contributed by atoms with Crippen LogP contribution in [0.5, 0.6) is 11.8 Å². The number of rotatable bonds is 8. The number of anilines is 1. The van der Waals surface area contributed by atoms with Gasteiger partial charge in [0.25, 0.3) is 5.91 Å². The molecule has 0 saturated carbocycles. The first-order valence-electron chi connectivity index (χ1n) is 9.71. The Morgan fingerprint density at radius 1 is 1.16 bits per heavy atom. The van der Waals surface area contributed by atoms with Gasteiger partial charge in [0.15, 0.2) is 5.75 Å². The van der Waals surface area contributed by atoms with Crippen LogP contribution in [0.1, 0.15) is 0 Å². The number of aliphatic hydroxyl groups excluding tert-OH is 1. The van der Waals surface area contributed by atoms with Crippen molar-refractivity contribution >= 4 is 17.6 Å². The second-order valence-corrected chi connectivity index (χ2v) is 6.73. The van der Waals surface area contributed by atoms with Crippen LogP contribution in [-0.4, -0.2) is 68.9 Å². The molecular formula is C21H20N6O5. The van der Waals surface area contributed by atoms with E-state index >= 15 is 0 Å². The molecule has 2 N–H and O–H groups in total. The number of hydrogen-bond donors (Lipinski definition) is 2. The van der Waals surface area contributed by atoms with Gasteiger partial charge in [0.2, 0.25) is 0 Å². The molecule has 1 aromatic heterocycles. The summed E-state index contributed by atoms with van der Waals surface area (Å²) in [7, 11) is 1.24. The average molecular weight is 436 g/mol. The minimum atomic E-state index is -0.632. The van der Waals surface area contributed by atoms with Crippen molar-refractivity contribution in [3.63, 3.8) is 0 Å². The van der Waals surface area contributed by atoms with E-state index in [1.807, 2.05) is 30.3 Å². The quantitative estimate of drug-likeness (QED) is 0.499. The lowest BCUT2D eigenvalue weighted by atomic mass is 10.2. The van der Waals surface area contributed by atoms with Crippen molar-refractivity contribution in [1.82, 2.24) is 25.1 Å². The molecule has 0 radical (unpaired) electrons. The zero-order chi connectivity index (χ0) is 22.5. The first kappa shape index (κ1) is 21.0. The lowest BCUT2D eigenvalue weighted by molar-refractivity contribution is -0.136. The largest absolute Gasteiger partial charge is 0.466 e. The van der Waals surface area contributed by atoms with Crippen molar-refractivity contribution in [1.29, 1.82) is 0 Å². The first-order chi connectivity index (χ1) is 15.6. The number of aromatic nitrogens is 4. The summed E-state index contributed by atoms with van der Waals surface area (Å²) >= 11 is 0. The highest BCUT2D eigenvalue weighted by atomic mass is 16.5. The van der Waals surface area contributed by atoms with Crippen LogP contribution >= 0.6 is 0 Å². The number of esters is 1. The van der Waals surface area contributed by atoms with E-state index in [1.165, 1.54) is 16.7 Å². The number of amides is 1. The van der Waals surface area contributed by atoms with Gasteiger partial charge in [-0.25, -0.2) is 4.79 Å². The fourth-order valence-electron chi connectivity index (χ4n) is 3.21. The van der Waals surface area contributed by atoms with Gasteiger partial charge in [0.1, 0.15) is 5.70 Å². The predicted molar refractivity (Wildman–Crippen MR) is 112 cm³/mol. The maximum absolute atomic E-state index is 12.8. The molecule has 0 aliphatic carbocycles. The summed E-state index contributed by atoms with van der Waals surface area (Å²) in [4.78, 5) is 26.4. The van der Waals surface area contributed by atoms with Crippen LogP contribution in [0.15, 0.2) is 65.9 Å². The zero-order valence-electron chi connectivity index (χ0n) is 17.1. The predicted octanol–water partition coefficient (Wildman–Crippen LogP) is 1.13. The molecule has 0 fully saturated rings. The molecule has 0 atom stereocenters. The van der Waals surface area contributed by atoms with E-state index in [-0.39, 0.29) is 37.0 Å². The van der Waals surface area contributed by atoms with E-state index < -0.39 is 11.9 Å². The van der Waals surface area contributed by atoms with Crippen LogP contribution in [0.25, 0.3) is 5.69 Å². The Bertz CT molecular complexity index is 1160. The Morgan fingerprint density at radius 3 is 2.66 bits per heavy atom. The third-order valence-corrected chi connectivity index (χ3v) is 4.74. The van der Waals surface area contributed by atoms with Crippen LogP contribution in [-0.2, 0) is 14.3 Å². The molecule has 0 bridgehead atoms. The molecule has 1 aliphatic heterocycles. The summed E-state index contributed by atoms with van der Waals surface area (Å²) < 4.78 is 12.2. The van der Waals surface area contributed by atoms with Gasteiger partial charge >= 0.3 is 12.0 Å². The van der Waals surface area contributed by atoms with Gasteiger partial charge in [0.05, 0.1) is 37.2 Å². The molecular weight excluding hydrogens is 416 g/mol. The standard InChI is InChI=1S/C21H20N6O5/c1-31-20(30)15-13-26(11-12-28)19(29)18(15)22-16-9-5-6-10-17(16)32-21-23-24-25-27(21)14-7-3-2-4-8-14/h2-10,22,28H,11-13H2,1H3. The number of aliphatic hydroxyl groups is 1. The number of nitrogens with zero attached hydrogens (tertiary/aromatic N) is 5. The minimum absolute atomic E-state index is 0.0314. The molecule has 3 aromatic rings. The second kappa shape index (κ2) is 9.27. The van der Waals surface area contributed by atoms with Crippen molar-refractivity contribution < 1.29 is 24.2 Å². The Labute approximate surface area is 182 Å². The third-order valence-electron chi connectivity index (χ3n) is 4.74. The molecule has 164 valence electrons. The molecule has 2 heterocycles. The number of β-amino-alcohol motifs (C(OH)–C–C–N with tert-alkyl or cyclic N) is 1. The summed E-state index contributed by atoms with van der Waals surface area (Å²) in [6.45, 7) is -0.104. The highest BCUT2D eigenvalue weighted by Crippen LogP contribution is 2.32. The molecule has 0 spiro atoms. The average Bonchev–Trinajstić information content (AvgIpc) is 3.40. The number of ether oxygens (including phenoxy) is 2. The second-order valence-electron chi connectivity index (χ2n) is 6.73. The monoisotopic (exact) mass is 436 g/mol. The number of para-hydroxylation sites is 3. The van der Waals surface area contributed by atoms with Gasteiger partial charge in [-0.15, -0.1) is 0 Å². The van der Waals surface area contributed by atoms with Gasteiger partial charge in [-0.1, -0.05) is 35.4 Å². The summed E-state index contributed by atoms with van der Waals surface area (Å²) in [6.07, 6.45) is 0. The molecule has 1 aliphatic rings. The minimum Gasteiger partial charge on any atom is -0.466 e. The molecule has 32 heavy (non-hydrogen) atoms. The SMILES string of the molecule is COC(=O)C1=C(Nc2ccccc2Oc2nnnn2-c2ccccc2)C(=O)N(CCO)C1. The highest BCUT2D eigenvalue weighted by Gasteiger charge is 2.34. The van der Waals surface area contributed by atoms with Crippen molar-refractivity contribution in [2.24, 2.45) is 0 Å². The van der Waals surface area contributed by atoms with Crippen molar-refractivity contribution in [2.75, 3.05) is 32.1 Å². The van der Waals surface area contributed by atoms with Crippen LogP contribution in [0.3, 0.4) is 0 Å². The van der Waals surface area contributed by atoms with E-state index in [0.29, 0.717) is 17.1 Å². The summed E-state index contributed by atoms with van der Waals surface area (Å²) in [5, 5.41) is 23.8. The Morgan fingerprint density at radius 2 is 1.91 bits per heavy atom. The number of methoxy groups -OCH3 is 1. The van der Waals surface area contributed by atoms with E-state index in [4.69, 9.17) is 9.47 Å². The van der Waals surface area contributed by atoms with Crippen LogP contribution in [0.2, 0.25) is 0 Å². The summed E-state index contributed by atoms with van der Waals surface area (Å²) in [5.41, 5.74) is 1.35. The highest BCUT2D eigenvalue weighted by molar-refractivity contribution is 6.08. The molecule has 11 heteroatoms. The van der Waals surface area contributed by atoms with E-state index in [2.05, 4.69) is 20.8 Å². The summed E-state index contributed by atoms with van der Waals surface area (Å²) in [5.74, 6) is -0.722. The molecule has 4 rings (SSSR count). The molecule has 11 nitrogen and oxygen atoms in total. The van der Waals surface area contributed by atoms with E-state index in [0.717, 1.165) is 0 Å². The maximum atomic E-state index is 12.8. The fourth-order valence-corrected chi connectivity index (χ4v) is 3.21. The normalized spacial score (nSPS) is 13.4. The van der Waals surface area contributed by atoms with Crippen molar-refractivity contribution in [2.45, 2.75) is 0 Å². The first-order valence-corrected chi connectivity index (χ1v) is 9.71. The number of hydrogen-bond acceptors (Lipinski definition) is 9. The van der Waals surface area contributed by atoms with Gasteiger partial charge in [-0.3, -0.25) is 4.79 Å². The van der Waals surface area contributed by atoms with Gasteiger partial charge in [-0.2, -0.15) is 4.68 Å². The van der Waals surface area contributed by atoms with Crippen LogP contribution in [0.4, 0.5) is 5.69 Å². The number of carbonyl (C=O) groups excluding carboxylic acids is 2. The van der Waals surface area contributed by atoms with Gasteiger partial charge < -0.3 is 24.8 Å². The summed E-state index contributed by atoms with van der Waals surface area (Å²) in [6, 6.07) is 16.2. The number of tetrazole rings is 1. The number of nitrogens with one attached hydrogen (secondary N) is 1.